The molecular weight excluding hydrogens is 385 g/mol. The Morgan fingerprint density at radius 2 is 1.86 bits per heavy atom. The molecular formula is C20H20FNO5S. The van der Waals surface area contributed by atoms with E-state index in [9.17, 15) is 14.0 Å². The predicted molar refractivity (Wildman–Crippen MR) is 102 cm³/mol. The molecule has 1 atom stereocenters. The van der Waals surface area contributed by atoms with Gasteiger partial charge < -0.3 is 19.5 Å². The normalized spacial score (nSPS) is 13.5. The molecule has 0 saturated heterocycles. The standard InChI is InChI=1S/C20H20FNO5S/c1-13(20(24)22-11-14-2-4-15(21)5-3-14)27-19(23)12-28-16-6-7-17-18(10-16)26-9-8-25-17/h2-7,10,13H,8-9,11-12H2,1H3,(H,22,24)/t13-/m1/s1. The molecule has 1 aliphatic heterocycles. The Hall–Kier alpha value is -2.74. The van der Waals surface area contributed by atoms with E-state index in [0.717, 1.165) is 10.5 Å². The van der Waals surface area contributed by atoms with Gasteiger partial charge in [-0.3, -0.25) is 9.59 Å². The molecule has 0 saturated carbocycles. The zero-order valence-electron chi connectivity index (χ0n) is 15.3. The molecule has 1 N–H and O–H groups in total. The molecule has 0 aromatic heterocycles. The minimum absolute atomic E-state index is 0.0647. The Kier molecular flexibility index (Phi) is 6.76. The number of esters is 1. The summed E-state index contributed by atoms with van der Waals surface area (Å²) in [5.41, 5.74) is 0.752. The van der Waals surface area contributed by atoms with E-state index in [1.54, 1.807) is 18.2 Å². The zero-order valence-corrected chi connectivity index (χ0v) is 16.1. The average Bonchev–Trinajstić information content (AvgIpc) is 2.71. The summed E-state index contributed by atoms with van der Waals surface area (Å²) in [6, 6.07) is 11.2. The second kappa shape index (κ2) is 9.45. The van der Waals surface area contributed by atoms with Crippen molar-refractivity contribution in [3.8, 4) is 11.5 Å². The third-order valence-corrected chi connectivity index (χ3v) is 4.90. The lowest BCUT2D eigenvalue weighted by molar-refractivity contribution is -0.152. The number of rotatable bonds is 7. The van der Waals surface area contributed by atoms with Crippen molar-refractivity contribution >= 4 is 23.6 Å². The zero-order chi connectivity index (χ0) is 19.9. The van der Waals surface area contributed by atoms with E-state index in [0.29, 0.717) is 24.7 Å². The van der Waals surface area contributed by atoms with Crippen molar-refractivity contribution in [3.63, 3.8) is 0 Å². The van der Waals surface area contributed by atoms with E-state index in [2.05, 4.69) is 5.32 Å². The summed E-state index contributed by atoms with van der Waals surface area (Å²) in [6.45, 7) is 2.75. The van der Waals surface area contributed by atoms with Crippen LogP contribution in [0.15, 0.2) is 47.4 Å². The van der Waals surface area contributed by atoms with Crippen molar-refractivity contribution in [2.45, 2.75) is 24.5 Å². The molecule has 1 amide bonds. The fourth-order valence-corrected chi connectivity index (χ4v) is 3.18. The van der Waals surface area contributed by atoms with Gasteiger partial charge in [-0.2, -0.15) is 0 Å². The molecule has 0 aliphatic carbocycles. The largest absolute Gasteiger partial charge is 0.486 e. The van der Waals surface area contributed by atoms with Gasteiger partial charge in [-0.25, -0.2) is 4.39 Å². The lowest BCUT2D eigenvalue weighted by Gasteiger charge is -2.18. The number of benzene rings is 2. The second-order valence-electron chi connectivity index (χ2n) is 6.07. The highest BCUT2D eigenvalue weighted by Gasteiger charge is 2.18. The fraction of sp³-hybridized carbons (Fsp3) is 0.300. The molecule has 1 heterocycles. The van der Waals surface area contributed by atoms with Crippen molar-refractivity contribution in [3.05, 3.63) is 53.8 Å². The van der Waals surface area contributed by atoms with Crippen LogP contribution in [0.5, 0.6) is 11.5 Å². The van der Waals surface area contributed by atoms with Crippen LogP contribution in [0.2, 0.25) is 0 Å². The Morgan fingerprint density at radius 3 is 2.61 bits per heavy atom. The van der Waals surface area contributed by atoms with Gasteiger partial charge in [-0.15, -0.1) is 11.8 Å². The van der Waals surface area contributed by atoms with Crippen LogP contribution in [0.4, 0.5) is 4.39 Å². The van der Waals surface area contributed by atoms with Crippen LogP contribution < -0.4 is 14.8 Å². The van der Waals surface area contributed by atoms with Crippen LogP contribution in [-0.4, -0.2) is 36.9 Å². The highest BCUT2D eigenvalue weighted by molar-refractivity contribution is 8.00. The molecule has 0 radical (unpaired) electrons. The van der Waals surface area contributed by atoms with Crippen molar-refractivity contribution in [2.24, 2.45) is 0 Å². The highest BCUT2D eigenvalue weighted by atomic mass is 32.2. The number of amides is 1. The maximum atomic E-state index is 12.9. The first kappa shape index (κ1) is 20.0. The van der Waals surface area contributed by atoms with Gasteiger partial charge in [0, 0.05) is 11.4 Å². The maximum Gasteiger partial charge on any atom is 0.317 e. The van der Waals surface area contributed by atoms with Crippen molar-refractivity contribution in [2.75, 3.05) is 19.0 Å². The number of ether oxygens (including phenoxy) is 3. The van der Waals surface area contributed by atoms with E-state index in [-0.39, 0.29) is 18.1 Å². The first-order chi connectivity index (χ1) is 13.5. The summed E-state index contributed by atoms with van der Waals surface area (Å²) in [4.78, 5) is 24.9. The summed E-state index contributed by atoms with van der Waals surface area (Å²) in [7, 11) is 0. The lowest BCUT2D eigenvalue weighted by Crippen LogP contribution is -2.35. The van der Waals surface area contributed by atoms with Gasteiger partial charge in [0.1, 0.15) is 19.0 Å². The molecule has 3 rings (SSSR count). The van der Waals surface area contributed by atoms with Crippen LogP contribution >= 0.6 is 11.8 Å². The van der Waals surface area contributed by atoms with E-state index in [4.69, 9.17) is 14.2 Å². The number of halogens is 1. The topological polar surface area (TPSA) is 73.9 Å². The van der Waals surface area contributed by atoms with Gasteiger partial charge in [0.2, 0.25) is 0 Å². The Balaban J connectivity index is 1.42. The predicted octanol–water partition coefficient (Wildman–Crippen LogP) is 2.94. The van der Waals surface area contributed by atoms with Crippen LogP contribution in [-0.2, 0) is 20.9 Å². The van der Waals surface area contributed by atoms with Gasteiger partial charge in [0.05, 0.1) is 5.75 Å². The van der Waals surface area contributed by atoms with Crippen LogP contribution in [0, 0.1) is 5.82 Å². The van der Waals surface area contributed by atoms with Crippen LogP contribution in [0.3, 0.4) is 0 Å². The molecule has 6 nitrogen and oxygen atoms in total. The highest BCUT2D eigenvalue weighted by Crippen LogP contribution is 2.34. The fourth-order valence-electron chi connectivity index (χ4n) is 2.48. The van der Waals surface area contributed by atoms with Gasteiger partial charge in [-0.05, 0) is 42.8 Å². The molecule has 2 aromatic carbocycles. The summed E-state index contributed by atoms with van der Waals surface area (Å²) < 4.78 is 29.0. The van der Waals surface area contributed by atoms with E-state index in [1.165, 1.54) is 30.8 Å². The first-order valence-electron chi connectivity index (χ1n) is 8.75. The van der Waals surface area contributed by atoms with Crippen molar-refractivity contribution in [1.29, 1.82) is 0 Å². The van der Waals surface area contributed by atoms with Gasteiger partial charge in [0.15, 0.2) is 17.6 Å². The molecule has 1 aliphatic rings. The Morgan fingerprint density at radius 1 is 1.14 bits per heavy atom. The molecule has 0 unspecified atom stereocenters. The number of carbonyl (C=O) groups excluding carboxylic acids is 2. The number of thioether (sulfide) groups is 1. The molecule has 28 heavy (non-hydrogen) atoms. The van der Waals surface area contributed by atoms with Crippen LogP contribution in [0.1, 0.15) is 12.5 Å². The molecule has 8 heteroatoms. The third-order valence-electron chi connectivity index (χ3n) is 3.93. The van der Waals surface area contributed by atoms with Gasteiger partial charge in [-0.1, -0.05) is 12.1 Å². The monoisotopic (exact) mass is 405 g/mol. The van der Waals surface area contributed by atoms with Gasteiger partial charge >= 0.3 is 5.97 Å². The Labute approximate surface area is 166 Å². The van der Waals surface area contributed by atoms with Crippen molar-refractivity contribution < 1.29 is 28.2 Å². The molecule has 0 bridgehead atoms. The van der Waals surface area contributed by atoms with E-state index >= 15 is 0 Å². The minimum atomic E-state index is -0.922. The summed E-state index contributed by atoms with van der Waals surface area (Å²) >= 11 is 1.29. The number of fused-ring (bicyclic) bond motifs is 1. The van der Waals surface area contributed by atoms with Gasteiger partial charge in [0.25, 0.3) is 5.91 Å². The van der Waals surface area contributed by atoms with Crippen molar-refractivity contribution in [1.82, 2.24) is 5.32 Å². The molecule has 2 aromatic rings. The minimum Gasteiger partial charge on any atom is -0.486 e. The van der Waals surface area contributed by atoms with E-state index in [1.807, 2.05) is 12.1 Å². The average molecular weight is 405 g/mol. The number of nitrogens with one attached hydrogen (secondary N) is 1. The molecule has 148 valence electrons. The second-order valence-corrected chi connectivity index (χ2v) is 7.12. The number of hydrogen-bond acceptors (Lipinski definition) is 6. The molecule has 0 fully saturated rings. The Bertz CT molecular complexity index is 843. The summed E-state index contributed by atoms with van der Waals surface area (Å²) in [5, 5.41) is 2.66. The smallest absolute Gasteiger partial charge is 0.317 e. The molecule has 0 spiro atoms. The quantitative estimate of drug-likeness (QED) is 0.564. The summed E-state index contributed by atoms with van der Waals surface area (Å²) in [6.07, 6.45) is -0.922. The van der Waals surface area contributed by atoms with E-state index < -0.39 is 18.0 Å². The first-order valence-corrected chi connectivity index (χ1v) is 9.74. The third kappa shape index (κ3) is 5.63. The maximum absolute atomic E-state index is 12.9. The summed E-state index contributed by atoms with van der Waals surface area (Å²) in [5.74, 6) is 0.150. The SMILES string of the molecule is C[C@@H](OC(=O)CSc1ccc2c(c1)OCCO2)C(=O)NCc1ccc(F)cc1. The number of carbonyl (C=O) groups is 2. The number of hydrogen-bond donors (Lipinski definition) is 1. The lowest BCUT2D eigenvalue weighted by atomic mass is 10.2. The van der Waals surface area contributed by atoms with Crippen LogP contribution in [0.25, 0.3) is 0 Å².